The Kier molecular flexibility index (Phi) is 4.99. The molecule has 3 nitrogen and oxygen atoms in total. The summed E-state index contributed by atoms with van der Waals surface area (Å²) in [6.07, 6.45) is 2.97. The molecule has 0 aromatic heterocycles. The quantitative estimate of drug-likeness (QED) is 0.748. The summed E-state index contributed by atoms with van der Waals surface area (Å²) < 4.78 is 10.6. The van der Waals surface area contributed by atoms with Crippen molar-refractivity contribution in [3.63, 3.8) is 0 Å². The monoisotopic (exact) mass is 284 g/mol. The van der Waals surface area contributed by atoms with Crippen LogP contribution in [0.4, 0.5) is 0 Å². The fourth-order valence-corrected chi connectivity index (χ4v) is 2.43. The van der Waals surface area contributed by atoms with Gasteiger partial charge in [0.05, 0.1) is 14.2 Å². The molecular weight excluding hydrogens is 264 g/mol. The van der Waals surface area contributed by atoms with E-state index in [1.165, 1.54) is 5.56 Å². The Morgan fingerprint density at radius 3 is 2.38 bits per heavy atom. The van der Waals surface area contributed by atoms with Crippen LogP contribution >= 0.6 is 0 Å². The van der Waals surface area contributed by atoms with Crippen LogP contribution in [0.5, 0.6) is 11.5 Å². The van der Waals surface area contributed by atoms with E-state index >= 15 is 0 Å². The first-order valence-corrected chi connectivity index (χ1v) is 7.04. The molecule has 2 aromatic carbocycles. The maximum atomic E-state index is 11.4. The third kappa shape index (κ3) is 3.24. The number of carbonyl (C=O) groups excluding carboxylic acids is 1. The van der Waals surface area contributed by atoms with Crippen molar-refractivity contribution < 1.29 is 14.3 Å². The SMILES string of the molecule is CCCc1cccc(-c2cc(OC)c(OC)cc2C=O)c1. The predicted octanol–water partition coefficient (Wildman–Crippen LogP) is 4.14. The van der Waals surface area contributed by atoms with Gasteiger partial charge in [0.1, 0.15) is 0 Å². The van der Waals surface area contributed by atoms with Gasteiger partial charge in [0, 0.05) is 5.56 Å². The molecule has 0 saturated carbocycles. The molecule has 2 rings (SSSR count). The van der Waals surface area contributed by atoms with E-state index in [4.69, 9.17) is 9.47 Å². The Balaban J connectivity index is 2.56. The van der Waals surface area contributed by atoms with Crippen molar-refractivity contribution in [3.8, 4) is 22.6 Å². The molecule has 0 unspecified atom stereocenters. The zero-order valence-electron chi connectivity index (χ0n) is 12.7. The van der Waals surface area contributed by atoms with Crippen LogP contribution in [0.2, 0.25) is 0 Å². The topological polar surface area (TPSA) is 35.5 Å². The van der Waals surface area contributed by atoms with Gasteiger partial charge in [-0.2, -0.15) is 0 Å². The summed E-state index contributed by atoms with van der Waals surface area (Å²) in [5.41, 5.74) is 3.74. The molecule has 3 heteroatoms. The van der Waals surface area contributed by atoms with Gasteiger partial charge in [0.15, 0.2) is 17.8 Å². The van der Waals surface area contributed by atoms with E-state index in [1.54, 1.807) is 20.3 Å². The lowest BCUT2D eigenvalue weighted by Crippen LogP contribution is -1.96. The molecule has 0 radical (unpaired) electrons. The summed E-state index contributed by atoms with van der Waals surface area (Å²) in [5, 5.41) is 0. The number of hydrogen-bond donors (Lipinski definition) is 0. The largest absolute Gasteiger partial charge is 0.493 e. The number of aryl methyl sites for hydroxylation is 1. The minimum Gasteiger partial charge on any atom is -0.493 e. The van der Waals surface area contributed by atoms with Gasteiger partial charge in [-0.1, -0.05) is 37.6 Å². The van der Waals surface area contributed by atoms with E-state index in [9.17, 15) is 4.79 Å². The Hall–Kier alpha value is -2.29. The molecule has 21 heavy (non-hydrogen) atoms. The number of aldehydes is 1. The van der Waals surface area contributed by atoms with Crippen LogP contribution in [0.15, 0.2) is 36.4 Å². The molecule has 0 N–H and O–H groups in total. The highest BCUT2D eigenvalue weighted by Gasteiger charge is 2.12. The predicted molar refractivity (Wildman–Crippen MR) is 84.4 cm³/mol. The van der Waals surface area contributed by atoms with Crippen LogP contribution in [-0.2, 0) is 6.42 Å². The van der Waals surface area contributed by atoms with E-state index in [0.717, 1.165) is 30.3 Å². The van der Waals surface area contributed by atoms with Gasteiger partial charge in [-0.25, -0.2) is 0 Å². The molecule has 110 valence electrons. The molecule has 0 spiro atoms. The molecule has 0 amide bonds. The minimum atomic E-state index is 0.563. The van der Waals surface area contributed by atoms with Crippen LogP contribution in [0.1, 0.15) is 29.3 Å². The average Bonchev–Trinajstić information content (AvgIpc) is 2.54. The highest BCUT2D eigenvalue weighted by Crippen LogP contribution is 2.35. The van der Waals surface area contributed by atoms with Gasteiger partial charge < -0.3 is 9.47 Å². The van der Waals surface area contributed by atoms with Crippen LogP contribution in [0, 0.1) is 0 Å². The van der Waals surface area contributed by atoms with Gasteiger partial charge in [-0.05, 0) is 35.2 Å². The van der Waals surface area contributed by atoms with Crippen molar-refractivity contribution >= 4 is 6.29 Å². The van der Waals surface area contributed by atoms with Gasteiger partial charge in [0.2, 0.25) is 0 Å². The molecule has 0 aliphatic carbocycles. The third-order valence-corrected chi connectivity index (χ3v) is 3.46. The summed E-state index contributed by atoms with van der Waals surface area (Å²) >= 11 is 0. The summed E-state index contributed by atoms with van der Waals surface area (Å²) in [6.45, 7) is 2.15. The van der Waals surface area contributed by atoms with Crippen LogP contribution in [-0.4, -0.2) is 20.5 Å². The minimum absolute atomic E-state index is 0.563. The molecule has 0 heterocycles. The average molecular weight is 284 g/mol. The van der Waals surface area contributed by atoms with E-state index in [-0.39, 0.29) is 0 Å². The lowest BCUT2D eigenvalue weighted by atomic mass is 9.97. The van der Waals surface area contributed by atoms with Crippen LogP contribution < -0.4 is 9.47 Å². The summed E-state index contributed by atoms with van der Waals surface area (Å²) in [6, 6.07) is 11.8. The van der Waals surface area contributed by atoms with E-state index in [2.05, 4.69) is 19.1 Å². The number of benzene rings is 2. The lowest BCUT2D eigenvalue weighted by Gasteiger charge is -2.13. The Bertz CT molecular complexity index is 632. The van der Waals surface area contributed by atoms with E-state index in [0.29, 0.717) is 17.1 Å². The Labute approximate surface area is 125 Å². The maximum Gasteiger partial charge on any atom is 0.161 e. The maximum absolute atomic E-state index is 11.4. The molecule has 0 aliphatic heterocycles. The van der Waals surface area contributed by atoms with E-state index < -0.39 is 0 Å². The molecule has 0 bridgehead atoms. The second kappa shape index (κ2) is 6.93. The lowest BCUT2D eigenvalue weighted by molar-refractivity contribution is 0.112. The van der Waals surface area contributed by atoms with Crippen molar-refractivity contribution in [2.75, 3.05) is 14.2 Å². The number of methoxy groups -OCH3 is 2. The van der Waals surface area contributed by atoms with Crippen molar-refractivity contribution in [3.05, 3.63) is 47.5 Å². The van der Waals surface area contributed by atoms with Crippen molar-refractivity contribution in [1.82, 2.24) is 0 Å². The fraction of sp³-hybridized carbons (Fsp3) is 0.278. The van der Waals surface area contributed by atoms with Crippen molar-refractivity contribution in [1.29, 1.82) is 0 Å². The van der Waals surface area contributed by atoms with Crippen molar-refractivity contribution in [2.24, 2.45) is 0 Å². The van der Waals surface area contributed by atoms with Gasteiger partial charge in [0.25, 0.3) is 0 Å². The normalized spacial score (nSPS) is 10.2. The second-order valence-corrected chi connectivity index (χ2v) is 4.86. The van der Waals surface area contributed by atoms with Crippen LogP contribution in [0.3, 0.4) is 0 Å². The first kappa shape index (κ1) is 15.1. The molecule has 2 aromatic rings. The number of hydrogen-bond acceptors (Lipinski definition) is 3. The number of carbonyl (C=O) groups is 1. The van der Waals surface area contributed by atoms with Gasteiger partial charge in [-0.3, -0.25) is 4.79 Å². The van der Waals surface area contributed by atoms with Crippen LogP contribution in [0.25, 0.3) is 11.1 Å². The Morgan fingerprint density at radius 1 is 1.05 bits per heavy atom. The standard InChI is InChI=1S/C18H20O3/c1-4-6-13-7-5-8-14(9-13)16-11-18(21-3)17(20-2)10-15(16)12-19/h5,7-12H,4,6H2,1-3H3. The zero-order chi connectivity index (χ0) is 15.2. The second-order valence-electron chi connectivity index (χ2n) is 4.86. The van der Waals surface area contributed by atoms with Gasteiger partial charge in [-0.15, -0.1) is 0 Å². The summed E-state index contributed by atoms with van der Waals surface area (Å²) in [4.78, 5) is 11.4. The van der Waals surface area contributed by atoms with Gasteiger partial charge >= 0.3 is 0 Å². The van der Waals surface area contributed by atoms with Crippen molar-refractivity contribution in [2.45, 2.75) is 19.8 Å². The zero-order valence-corrected chi connectivity index (χ0v) is 12.7. The fourth-order valence-electron chi connectivity index (χ4n) is 2.43. The highest BCUT2D eigenvalue weighted by atomic mass is 16.5. The van der Waals surface area contributed by atoms with E-state index in [1.807, 2.05) is 18.2 Å². The number of rotatable bonds is 6. The molecule has 0 aliphatic rings. The summed E-state index contributed by atoms with van der Waals surface area (Å²) in [5.74, 6) is 1.19. The highest BCUT2D eigenvalue weighted by molar-refractivity contribution is 5.89. The Morgan fingerprint density at radius 2 is 1.76 bits per heavy atom. The smallest absolute Gasteiger partial charge is 0.161 e. The first-order chi connectivity index (χ1) is 10.2. The molecular formula is C18H20O3. The third-order valence-electron chi connectivity index (χ3n) is 3.46. The summed E-state index contributed by atoms with van der Waals surface area (Å²) in [7, 11) is 3.16. The number of ether oxygens (including phenoxy) is 2. The first-order valence-electron chi connectivity index (χ1n) is 7.04. The molecule has 0 atom stereocenters. The molecule has 0 saturated heterocycles. The molecule has 0 fully saturated rings.